The number of fused-ring (bicyclic) bond motifs is 6. The van der Waals surface area contributed by atoms with E-state index in [0.29, 0.717) is 35.0 Å². The van der Waals surface area contributed by atoms with Crippen LogP contribution in [-0.2, 0) is 45.7 Å². The predicted molar refractivity (Wildman–Crippen MR) is 611 cm³/mol. The Morgan fingerprint density at radius 3 is 0.845 bits per heavy atom. The number of likely N-dealkylation sites (N-methyl/N-ethyl adjacent to an activating group) is 1. The fourth-order valence-corrected chi connectivity index (χ4v) is 21.2. The highest BCUT2D eigenvalue weighted by molar-refractivity contribution is 7.13. The monoisotopic (exact) mass is 2000 g/mol. The normalized spacial score (nSPS) is 13.7. The number of likely N-dealkylation sites (tertiary alicyclic amines) is 2. The van der Waals surface area contributed by atoms with E-state index in [2.05, 4.69) is 287 Å². The van der Waals surface area contributed by atoms with E-state index in [-0.39, 0.29) is 0 Å². The number of nitrogens with zero attached hydrogens (tertiary/aromatic N) is 16. The Morgan fingerprint density at radius 1 is 0.275 bits per heavy atom. The number of rotatable bonds is 33. The van der Waals surface area contributed by atoms with Gasteiger partial charge >= 0.3 is 0 Å². The van der Waals surface area contributed by atoms with E-state index in [0.717, 1.165) is 148 Å². The van der Waals surface area contributed by atoms with Gasteiger partial charge < -0.3 is 86.7 Å². The number of hydrogen-bond donors (Lipinski definition) is 7. The molecule has 21 rings (SSSR count). The van der Waals surface area contributed by atoms with Crippen molar-refractivity contribution >= 4 is 203 Å². The summed E-state index contributed by atoms with van der Waals surface area (Å²) < 4.78 is 13.8. The van der Waals surface area contributed by atoms with E-state index < -0.39 is 0 Å². The van der Waals surface area contributed by atoms with Crippen LogP contribution in [0.15, 0.2) is 348 Å². The van der Waals surface area contributed by atoms with E-state index >= 15 is 0 Å². The van der Waals surface area contributed by atoms with E-state index in [1.54, 1.807) is 68.0 Å². The zero-order chi connectivity index (χ0) is 98.3. The maximum atomic E-state index is 6.13. The van der Waals surface area contributed by atoms with Gasteiger partial charge in [0.25, 0.3) is 0 Å². The molecule has 23 nitrogen and oxygen atoms in total. The highest BCUT2D eigenvalue weighted by Gasteiger charge is 2.17. The molecule has 0 radical (unpaired) electrons. The largest absolute Gasteiger partial charge is 0.383 e. The van der Waals surface area contributed by atoms with Crippen LogP contribution in [0.1, 0.15) is 86.2 Å². The third-order valence-electron chi connectivity index (χ3n) is 25.0. The van der Waals surface area contributed by atoms with Crippen LogP contribution in [-0.4, -0.2) is 176 Å². The molecule has 0 unspecified atom stereocenters. The van der Waals surface area contributed by atoms with Crippen molar-refractivity contribution in [2.75, 3.05) is 94.1 Å². The Balaban J connectivity index is 0.000000123. The Kier molecular flexibility index (Phi) is 36.7. The first-order chi connectivity index (χ1) is 69.4. The molecule has 0 amide bonds. The maximum Gasteiger partial charge on any atom is 0.141 e. The van der Waals surface area contributed by atoms with Crippen LogP contribution in [0.5, 0.6) is 0 Å². The number of nitrogens with one attached hydrogen (secondary N) is 1. The number of amidine groups is 6. The quantitative estimate of drug-likeness (QED) is 0.0115. The summed E-state index contributed by atoms with van der Waals surface area (Å²) in [6.45, 7) is 16.4. The summed E-state index contributed by atoms with van der Waals surface area (Å²) in [6, 6.07) is 85.0. The van der Waals surface area contributed by atoms with Crippen molar-refractivity contribution in [2.45, 2.75) is 97.1 Å². The molecule has 7 aromatic carbocycles. The lowest BCUT2D eigenvalue weighted by Gasteiger charge is -2.26. The first-order valence-corrected chi connectivity index (χ1v) is 53.9. The molecular weight excluding hydrogens is 1870 g/mol. The molecule has 2 aliphatic rings. The minimum Gasteiger partial charge on any atom is -0.383 e. The minimum atomic E-state index is 0.566. The number of hydrogen-bond acceptors (Lipinski definition) is 17. The highest BCUT2D eigenvalue weighted by atomic mass is 32.1. The zero-order valence-corrected chi connectivity index (χ0v) is 86.5. The lowest BCUT2D eigenvalue weighted by Crippen LogP contribution is -2.32. The molecular formula is C113H129N23S6. The van der Waals surface area contributed by atoms with E-state index in [1.807, 2.05) is 149 Å². The topological polar surface area (TPSA) is 285 Å². The number of nitrogens with two attached hydrogens (primary N) is 6. The summed E-state index contributed by atoms with van der Waals surface area (Å²) >= 11 is 9.65. The number of piperidine rings is 1. The van der Waals surface area contributed by atoms with Crippen LogP contribution in [0, 0.1) is 0 Å². The number of thiophene rings is 6. The van der Waals surface area contributed by atoms with Gasteiger partial charge in [0.1, 0.15) is 35.0 Å². The molecule has 13 N–H and O–H groups in total. The molecule has 14 heterocycles. The Labute approximate surface area is 856 Å². The van der Waals surface area contributed by atoms with Gasteiger partial charge in [0.15, 0.2) is 0 Å². The second-order valence-electron chi connectivity index (χ2n) is 35.8. The van der Waals surface area contributed by atoms with Crippen LogP contribution in [0.4, 0.5) is 34.1 Å². The number of aliphatic imine (C=N–C) groups is 6. The lowest BCUT2D eigenvalue weighted by molar-refractivity contribution is 0.221. The van der Waals surface area contributed by atoms with Gasteiger partial charge in [-0.3, -0.25) is 0 Å². The summed E-state index contributed by atoms with van der Waals surface area (Å²) in [6.07, 6.45) is 24.1. The van der Waals surface area contributed by atoms with E-state index in [1.165, 1.54) is 142 Å². The number of benzene rings is 7. The van der Waals surface area contributed by atoms with Crippen molar-refractivity contribution in [1.29, 1.82) is 0 Å². The molecule has 2 aliphatic heterocycles. The van der Waals surface area contributed by atoms with E-state index in [4.69, 9.17) is 34.4 Å². The molecule has 142 heavy (non-hydrogen) atoms. The third kappa shape index (κ3) is 28.7. The van der Waals surface area contributed by atoms with Crippen molar-refractivity contribution in [1.82, 2.24) is 52.3 Å². The fraction of sp³-hybridized carbons (Fsp3) is 0.257. The van der Waals surface area contributed by atoms with Crippen LogP contribution in [0.3, 0.4) is 0 Å². The van der Waals surface area contributed by atoms with Crippen molar-refractivity contribution in [3.05, 3.63) is 353 Å². The molecule has 0 spiro atoms. The van der Waals surface area contributed by atoms with Gasteiger partial charge in [-0.2, -0.15) is 0 Å². The molecule has 12 aromatic heterocycles. The average Bonchev–Trinajstić information content (AvgIpc) is 1.67. The first kappa shape index (κ1) is 102. The Morgan fingerprint density at radius 2 is 0.549 bits per heavy atom. The van der Waals surface area contributed by atoms with Crippen molar-refractivity contribution < 1.29 is 0 Å². The van der Waals surface area contributed by atoms with Crippen LogP contribution < -0.4 is 39.7 Å². The Hall–Kier alpha value is -13.4. The Bertz CT molecular complexity index is 7310. The standard InChI is InChI=1S/C21H19N3S.2C20H24N4S.C18H22N4S.2C17H20N4S/c22-21(20-7-4-14-25-20)23-18-9-8-17-11-13-24(19(17)15-18)12-10-16-5-2-1-3-6-16;21-20(19-5-3-14-25-19)22-17-7-6-16-8-13-24(18(16)15-17)12-4-11-23-9-1-2-10-23;21-20(19-5-4-14-25-19)22-17-7-6-16-8-11-24(18(16)15-17)13-12-23-9-2-1-3-10-23;1-21(2)9-4-10-22-11-8-14-6-7-15(13-16(14)22)20-18(19)17-5-3-12-23-17;1-20(2)9-10-21-8-7-13-5-6-14(12-15(13)21)19-17(18)16-4-3-11-22-16;1-19-8-3-9-21-10-7-13-5-6-14(12-15(13)21)20-17(18)16-4-2-11-22-16/h1-9,11,13-15H,10,12H2,(H2,22,23);3,5-8,13-15H,1-2,4,9-12H2,(H2,21,22);4-8,11,14-15H,1-3,9-10,12-13H2,(H2,21,22);3,5-8,11-13H,4,9-10H2,1-2H3,(H2,19,20);3-8,11-12H,9-10H2,1-2H3,(H2,18,19);2,4-7,10-12,19H,3,8-9H2,1H3,(H2,18,20). The van der Waals surface area contributed by atoms with Crippen molar-refractivity contribution in [2.24, 2.45) is 64.4 Å². The van der Waals surface area contributed by atoms with Crippen LogP contribution in [0.25, 0.3) is 65.4 Å². The second kappa shape index (κ2) is 51.3. The molecule has 0 aliphatic carbocycles. The van der Waals surface area contributed by atoms with Gasteiger partial charge in [-0.1, -0.05) is 110 Å². The maximum absolute atomic E-state index is 6.13. The number of aryl methyl sites for hydroxylation is 5. The SMILES string of the molecule is CN(C)CCCn1ccc2ccc(N=C(N)c3cccs3)cc21.CN(C)CCn1ccc2ccc(N=C(N)c3cccs3)cc21.CNCCCn1ccc2ccc(N=C(N)c3cccs3)cc21.NC(=Nc1ccc2ccn(CCCN3CCCC3)c2c1)c1cccs1.NC(=Nc1ccc2ccn(CCN3CCCCC3)c2c1)c1cccs1.NC(=Nc1ccc2ccn(CCc3ccccc3)c2c1)c1cccs1. The highest BCUT2D eigenvalue weighted by Crippen LogP contribution is 2.32. The predicted octanol–water partition coefficient (Wildman–Crippen LogP) is 23.8. The molecule has 29 heteroatoms. The summed E-state index contributed by atoms with van der Waals surface area (Å²) in [5, 5.41) is 22.7. The first-order valence-electron chi connectivity index (χ1n) is 48.7. The molecule has 19 aromatic rings. The number of aromatic nitrogens is 6. The van der Waals surface area contributed by atoms with Gasteiger partial charge in [-0.05, 0) is 348 Å². The van der Waals surface area contributed by atoms with E-state index in [9.17, 15) is 0 Å². The molecule has 0 saturated carbocycles. The zero-order valence-electron chi connectivity index (χ0n) is 81.6. The summed E-state index contributed by atoms with van der Waals surface area (Å²) in [5.41, 5.74) is 50.6. The summed E-state index contributed by atoms with van der Waals surface area (Å²) in [7, 11) is 10.4. The fourth-order valence-electron chi connectivity index (χ4n) is 17.4. The molecule has 2 fully saturated rings. The average molecular weight is 2000 g/mol. The van der Waals surface area contributed by atoms with Gasteiger partial charge in [-0.25, -0.2) is 30.0 Å². The second-order valence-corrected chi connectivity index (χ2v) is 41.5. The molecule has 2 saturated heterocycles. The van der Waals surface area contributed by atoms with Crippen molar-refractivity contribution in [3.8, 4) is 0 Å². The van der Waals surface area contributed by atoms with Crippen LogP contribution >= 0.6 is 68.0 Å². The van der Waals surface area contributed by atoms with Gasteiger partial charge in [0, 0.05) is 89.5 Å². The van der Waals surface area contributed by atoms with Crippen LogP contribution in [0.2, 0.25) is 0 Å². The van der Waals surface area contributed by atoms with Gasteiger partial charge in [-0.15, -0.1) is 68.0 Å². The molecule has 732 valence electrons. The lowest BCUT2D eigenvalue weighted by atomic mass is 10.1. The summed E-state index contributed by atoms with van der Waals surface area (Å²) in [4.78, 5) is 43.0. The van der Waals surface area contributed by atoms with Crippen molar-refractivity contribution in [3.63, 3.8) is 0 Å². The third-order valence-corrected chi connectivity index (χ3v) is 30.3. The smallest absolute Gasteiger partial charge is 0.141 e. The van der Waals surface area contributed by atoms with Gasteiger partial charge in [0.2, 0.25) is 0 Å². The molecule has 0 atom stereocenters. The van der Waals surface area contributed by atoms with Gasteiger partial charge in [0.05, 0.1) is 96.5 Å². The minimum absolute atomic E-state index is 0.566. The molecule has 0 bridgehead atoms. The summed E-state index contributed by atoms with van der Waals surface area (Å²) in [5.74, 6) is 3.45.